The van der Waals surface area contributed by atoms with Gasteiger partial charge in [0, 0.05) is 57.3 Å². The molecule has 0 radical (unpaired) electrons. The topological polar surface area (TPSA) is 75.0 Å². The molecule has 1 saturated heterocycles. The van der Waals surface area contributed by atoms with Crippen LogP contribution in [0, 0.1) is 6.92 Å². The molecule has 1 atom stereocenters. The molecule has 4 heterocycles. The Morgan fingerprint density at radius 2 is 1.69 bits per heavy atom. The van der Waals surface area contributed by atoms with E-state index >= 15 is 0 Å². The van der Waals surface area contributed by atoms with E-state index in [1.807, 2.05) is 24.0 Å². The fourth-order valence-electron chi connectivity index (χ4n) is 4.79. The van der Waals surface area contributed by atoms with Crippen LogP contribution < -0.4 is 10.2 Å². The van der Waals surface area contributed by atoms with Gasteiger partial charge in [0.1, 0.15) is 5.52 Å². The summed E-state index contributed by atoms with van der Waals surface area (Å²) in [7, 11) is 1.99. The zero-order valence-corrected chi connectivity index (χ0v) is 22.2. The van der Waals surface area contributed by atoms with Crippen molar-refractivity contribution in [3.8, 4) is 0 Å². The summed E-state index contributed by atoms with van der Waals surface area (Å²) in [6, 6.07) is 11.2. The first kappa shape index (κ1) is 24.2. The molecule has 8 heteroatoms. The highest BCUT2D eigenvalue weighted by Crippen LogP contribution is 2.31. The van der Waals surface area contributed by atoms with Gasteiger partial charge in [-0.3, -0.25) is 9.88 Å². The van der Waals surface area contributed by atoms with Gasteiger partial charge in [0.15, 0.2) is 11.5 Å². The number of imidazole rings is 1. The maximum atomic E-state index is 5.03. The largest absolute Gasteiger partial charge is 0.338 e. The molecule has 0 spiro atoms. The number of hydrogen-bond acceptors (Lipinski definition) is 7. The molecule has 1 fully saturated rings. The maximum Gasteiger partial charge on any atom is 0.229 e. The minimum absolute atomic E-state index is 0.0654. The highest BCUT2D eigenvalue weighted by molar-refractivity contribution is 5.87. The second-order valence-corrected chi connectivity index (χ2v) is 10.8. The van der Waals surface area contributed by atoms with Gasteiger partial charge in [0.2, 0.25) is 5.95 Å². The summed E-state index contributed by atoms with van der Waals surface area (Å²) >= 11 is 0. The van der Waals surface area contributed by atoms with E-state index < -0.39 is 0 Å². The Hall–Kier alpha value is -3.52. The fourth-order valence-corrected chi connectivity index (χ4v) is 4.79. The van der Waals surface area contributed by atoms with Gasteiger partial charge in [-0.05, 0) is 54.2 Å². The standard InChI is InChI=1S/C28H36N8/c1-19-7-8-22(28(3,4)5)17-23(19)31-26-24-25(30-18-34(24)6)32-27(33-26)36-15-13-35(14-16-36)20(2)21-9-11-29-12-10-21/h7-12,17-18,20H,13-16H2,1-6H3,(H,31,32,33). The minimum Gasteiger partial charge on any atom is -0.338 e. The van der Waals surface area contributed by atoms with Gasteiger partial charge >= 0.3 is 0 Å². The van der Waals surface area contributed by atoms with E-state index in [1.54, 1.807) is 6.33 Å². The summed E-state index contributed by atoms with van der Waals surface area (Å²) in [6.45, 7) is 14.7. The number of nitrogens with one attached hydrogen (secondary N) is 1. The van der Waals surface area contributed by atoms with E-state index in [1.165, 1.54) is 16.7 Å². The lowest BCUT2D eigenvalue weighted by Gasteiger charge is -2.38. The van der Waals surface area contributed by atoms with Crippen molar-refractivity contribution in [1.29, 1.82) is 0 Å². The summed E-state index contributed by atoms with van der Waals surface area (Å²) in [5.74, 6) is 1.52. The predicted molar refractivity (Wildman–Crippen MR) is 146 cm³/mol. The molecule has 0 bridgehead atoms. The Morgan fingerprint density at radius 1 is 0.972 bits per heavy atom. The molecule has 1 unspecified atom stereocenters. The first-order chi connectivity index (χ1) is 17.2. The monoisotopic (exact) mass is 484 g/mol. The van der Waals surface area contributed by atoms with Crippen LogP contribution in [0.5, 0.6) is 0 Å². The summed E-state index contributed by atoms with van der Waals surface area (Å²) < 4.78 is 1.98. The molecule has 5 rings (SSSR count). The third kappa shape index (κ3) is 4.78. The van der Waals surface area contributed by atoms with Crippen LogP contribution in [0.2, 0.25) is 0 Å². The number of piperazine rings is 1. The van der Waals surface area contributed by atoms with Crippen molar-refractivity contribution >= 4 is 28.6 Å². The quantitative estimate of drug-likeness (QED) is 0.428. The summed E-state index contributed by atoms with van der Waals surface area (Å²) in [6.07, 6.45) is 5.54. The third-order valence-corrected chi connectivity index (χ3v) is 7.25. The molecule has 0 aliphatic carbocycles. The predicted octanol–water partition coefficient (Wildman–Crippen LogP) is 4.99. The third-order valence-electron chi connectivity index (χ3n) is 7.25. The molecule has 188 valence electrons. The van der Waals surface area contributed by atoms with Crippen LogP contribution in [-0.4, -0.2) is 55.6 Å². The van der Waals surface area contributed by atoms with E-state index in [0.29, 0.717) is 11.7 Å². The van der Waals surface area contributed by atoms with Crippen molar-refractivity contribution in [2.24, 2.45) is 7.05 Å². The van der Waals surface area contributed by atoms with Crippen molar-refractivity contribution < 1.29 is 0 Å². The van der Waals surface area contributed by atoms with Crippen LogP contribution in [0.4, 0.5) is 17.5 Å². The van der Waals surface area contributed by atoms with Crippen LogP contribution in [0.25, 0.3) is 11.2 Å². The molecule has 8 nitrogen and oxygen atoms in total. The number of fused-ring (bicyclic) bond motifs is 1. The summed E-state index contributed by atoms with van der Waals surface area (Å²) in [5.41, 5.74) is 6.50. The molecule has 1 aromatic carbocycles. The van der Waals surface area contributed by atoms with Crippen molar-refractivity contribution in [2.45, 2.75) is 46.1 Å². The number of hydrogen-bond donors (Lipinski definition) is 1. The van der Waals surface area contributed by atoms with Gasteiger partial charge in [-0.2, -0.15) is 9.97 Å². The van der Waals surface area contributed by atoms with E-state index in [2.05, 4.69) is 90.0 Å². The average Bonchev–Trinajstić information content (AvgIpc) is 3.25. The number of anilines is 3. The number of nitrogens with zero attached hydrogens (tertiary/aromatic N) is 7. The molecule has 1 N–H and O–H groups in total. The van der Waals surface area contributed by atoms with Gasteiger partial charge in [0.05, 0.1) is 6.33 Å². The number of benzene rings is 1. The van der Waals surface area contributed by atoms with E-state index in [-0.39, 0.29) is 5.41 Å². The van der Waals surface area contributed by atoms with Crippen LogP contribution in [0.1, 0.15) is 50.4 Å². The first-order valence-electron chi connectivity index (χ1n) is 12.7. The Bertz CT molecular complexity index is 1350. The molecule has 0 amide bonds. The number of rotatable bonds is 5. The number of aryl methyl sites for hydroxylation is 2. The highest BCUT2D eigenvalue weighted by Gasteiger charge is 2.25. The van der Waals surface area contributed by atoms with E-state index in [9.17, 15) is 0 Å². The second kappa shape index (κ2) is 9.50. The Labute approximate surface area is 213 Å². The van der Waals surface area contributed by atoms with Crippen molar-refractivity contribution in [3.63, 3.8) is 0 Å². The molecular weight excluding hydrogens is 448 g/mol. The molecular formula is C28H36N8. The lowest BCUT2D eigenvalue weighted by atomic mass is 9.86. The van der Waals surface area contributed by atoms with Gasteiger partial charge < -0.3 is 14.8 Å². The molecule has 1 aliphatic heterocycles. The summed E-state index contributed by atoms with van der Waals surface area (Å²) in [5, 5.41) is 3.63. The Morgan fingerprint density at radius 3 is 2.39 bits per heavy atom. The lowest BCUT2D eigenvalue weighted by molar-refractivity contribution is 0.198. The normalized spacial score (nSPS) is 15.9. The zero-order valence-electron chi connectivity index (χ0n) is 22.2. The fraction of sp³-hybridized carbons (Fsp3) is 0.429. The van der Waals surface area contributed by atoms with Gasteiger partial charge in [-0.15, -0.1) is 0 Å². The second-order valence-electron chi connectivity index (χ2n) is 10.8. The van der Waals surface area contributed by atoms with Crippen LogP contribution in [-0.2, 0) is 12.5 Å². The molecule has 36 heavy (non-hydrogen) atoms. The smallest absolute Gasteiger partial charge is 0.229 e. The summed E-state index contributed by atoms with van der Waals surface area (Å²) in [4.78, 5) is 23.4. The SMILES string of the molecule is Cc1ccc(C(C)(C)C)cc1Nc1nc(N2CCN(C(C)c3ccncc3)CC2)nc2ncn(C)c12. The van der Waals surface area contributed by atoms with E-state index in [4.69, 9.17) is 9.97 Å². The molecule has 3 aromatic heterocycles. The lowest BCUT2D eigenvalue weighted by Crippen LogP contribution is -2.47. The van der Waals surface area contributed by atoms with Gasteiger partial charge in [0.25, 0.3) is 0 Å². The molecule has 4 aromatic rings. The minimum atomic E-state index is 0.0654. The van der Waals surface area contributed by atoms with Crippen molar-refractivity contribution in [2.75, 3.05) is 36.4 Å². The Kier molecular flexibility index (Phi) is 6.38. The van der Waals surface area contributed by atoms with Gasteiger partial charge in [-0.1, -0.05) is 32.9 Å². The maximum absolute atomic E-state index is 5.03. The van der Waals surface area contributed by atoms with Crippen LogP contribution in [0.15, 0.2) is 49.1 Å². The average molecular weight is 485 g/mol. The number of pyridine rings is 1. The highest BCUT2D eigenvalue weighted by atomic mass is 15.3. The molecule has 1 aliphatic rings. The van der Waals surface area contributed by atoms with Gasteiger partial charge in [-0.25, -0.2) is 4.98 Å². The zero-order chi connectivity index (χ0) is 25.4. The van der Waals surface area contributed by atoms with Crippen LogP contribution in [0.3, 0.4) is 0 Å². The molecule has 0 saturated carbocycles. The van der Waals surface area contributed by atoms with E-state index in [0.717, 1.165) is 49.1 Å². The number of aromatic nitrogens is 5. The van der Waals surface area contributed by atoms with Crippen molar-refractivity contribution in [3.05, 3.63) is 65.7 Å². The van der Waals surface area contributed by atoms with Crippen molar-refractivity contribution in [1.82, 2.24) is 29.4 Å². The van der Waals surface area contributed by atoms with Crippen LogP contribution >= 0.6 is 0 Å². The first-order valence-corrected chi connectivity index (χ1v) is 12.7. The Balaban J connectivity index is 1.41.